The second-order valence-electron chi connectivity index (χ2n) is 4.53. The van der Waals surface area contributed by atoms with E-state index in [2.05, 4.69) is 15.3 Å². The fourth-order valence-electron chi connectivity index (χ4n) is 2.14. The topological polar surface area (TPSA) is 95.4 Å². The highest BCUT2D eigenvalue weighted by Gasteiger charge is 2.21. The number of carboxylic acids is 1. The van der Waals surface area contributed by atoms with Crippen LogP contribution in [0.25, 0.3) is 0 Å². The Morgan fingerprint density at radius 3 is 2.47 bits per heavy atom. The van der Waals surface area contributed by atoms with Crippen LogP contribution >= 0.6 is 0 Å². The second kappa shape index (κ2) is 5.64. The van der Waals surface area contributed by atoms with Crippen molar-refractivity contribution in [2.75, 3.05) is 18.0 Å². The van der Waals surface area contributed by atoms with Gasteiger partial charge >= 0.3 is 5.97 Å². The number of aromatic nitrogens is 2. The largest absolute Gasteiger partial charge is 0.476 e. The van der Waals surface area contributed by atoms with Gasteiger partial charge in [0.05, 0.1) is 12.4 Å². The van der Waals surface area contributed by atoms with Gasteiger partial charge in [-0.15, -0.1) is 0 Å². The Morgan fingerprint density at radius 1 is 1.32 bits per heavy atom. The van der Waals surface area contributed by atoms with Crippen molar-refractivity contribution in [1.29, 1.82) is 0 Å². The lowest BCUT2D eigenvalue weighted by Gasteiger charge is -2.32. The van der Waals surface area contributed by atoms with E-state index in [9.17, 15) is 9.59 Å². The molecule has 0 aromatic carbocycles. The van der Waals surface area contributed by atoms with E-state index in [0.717, 1.165) is 25.9 Å². The Morgan fingerprint density at radius 2 is 2.00 bits per heavy atom. The molecule has 0 atom stereocenters. The van der Waals surface area contributed by atoms with Crippen LogP contribution < -0.4 is 10.2 Å². The lowest BCUT2D eigenvalue weighted by molar-refractivity contribution is -0.119. The summed E-state index contributed by atoms with van der Waals surface area (Å²) in [6.45, 7) is 3.06. The maximum Gasteiger partial charge on any atom is 0.356 e. The number of hydrogen-bond acceptors (Lipinski definition) is 5. The van der Waals surface area contributed by atoms with E-state index in [4.69, 9.17) is 5.11 Å². The fourth-order valence-corrected chi connectivity index (χ4v) is 2.14. The van der Waals surface area contributed by atoms with E-state index in [1.54, 1.807) is 0 Å². The van der Waals surface area contributed by atoms with E-state index in [1.807, 2.05) is 4.90 Å². The second-order valence-corrected chi connectivity index (χ2v) is 4.53. The molecule has 1 amide bonds. The van der Waals surface area contributed by atoms with Crippen LogP contribution in [0.2, 0.25) is 0 Å². The third-order valence-electron chi connectivity index (χ3n) is 3.08. The van der Waals surface area contributed by atoms with Crippen LogP contribution in [0.5, 0.6) is 0 Å². The highest BCUT2D eigenvalue weighted by molar-refractivity contribution is 5.84. The molecular formula is C12H16N4O3. The van der Waals surface area contributed by atoms with Crippen molar-refractivity contribution in [3.63, 3.8) is 0 Å². The summed E-state index contributed by atoms with van der Waals surface area (Å²) in [5.74, 6) is -0.418. The first-order chi connectivity index (χ1) is 9.06. The molecule has 102 valence electrons. The lowest BCUT2D eigenvalue weighted by Crippen LogP contribution is -2.44. The smallest absolute Gasteiger partial charge is 0.356 e. The third-order valence-corrected chi connectivity index (χ3v) is 3.08. The summed E-state index contributed by atoms with van der Waals surface area (Å²) >= 11 is 0. The van der Waals surface area contributed by atoms with E-state index >= 15 is 0 Å². The number of anilines is 1. The molecule has 2 N–H and O–H groups in total. The standard InChI is InChI=1S/C12H16N4O3/c1-8(17)15-9-2-4-16(5-3-9)11-7-13-10(6-14-11)12(18)19/h6-7,9H,2-5H2,1H3,(H,15,17)(H,18,19). The summed E-state index contributed by atoms with van der Waals surface area (Å²) in [5, 5.41) is 11.6. The number of carboxylic acid groups (broad SMARTS) is 1. The molecule has 0 radical (unpaired) electrons. The molecule has 0 spiro atoms. The monoisotopic (exact) mass is 264 g/mol. The van der Waals surface area contributed by atoms with Gasteiger partial charge in [0.25, 0.3) is 0 Å². The number of rotatable bonds is 3. The van der Waals surface area contributed by atoms with Crippen molar-refractivity contribution in [2.24, 2.45) is 0 Å². The first-order valence-electron chi connectivity index (χ1n) is 6.13. The van der Waals surface area contributed by atoms with Gasteiger partial charge in [0.15, 0.2) is 5.69 Å². The van der Waals surface area contributed by atoms with E-state index in [-0.39, 0.29) is 17.6 Å². The number of nitrogens with one attached hydrogen (secondary N) is 1. The molecule has 19 heavy (non-hydrogen) atoms. The van der Waals surface area contributed by atoms with Crippen molar-refractivity contribution >= 4 is 17.7 Å². The summed E-state index contributed by atoms with van der Waals surface area (Å²) < 4.78 is 0. The molecule has 1 saturated heterocycles. The minimum atomic E-state index is -1.08. The molecule has 7 heteroatoms. The number of piperidine rings is 1. The minimum absolute atomic E-state index is 0.0101. The summed E-state index contributed by atoms with van der Waals surface area (Å²) in [6, 6.07) is 0.208. The number of hydrogen-bond donors (Lipinski definition) is 2. The molecule has 1 aliphatic heterocycles. The molecule has 1 aromatic rings. The van der Waals surface area contributed by atoms with Crippen molar-refractivity contribution in [3.05, 3.63) is 18.1 Å². The Labute approximate surface area is 110 Å². The molecule has 1 fully saturated rings. The molecule has 0 saturated carbocycles. The highest BCUT2D eigenvalue weighted by atomic mass is 16.4. The van der Waals surface area contributed by atoms with Gasteiger partial charge in [-0.05, 0) is 12.8 Å². The maximum absolute atomic E-state index is 11.0. The number of nitrogens with zero attached hydrogens (tertiary/aromatic N) is 3. The number of amides is 1. The quantitative estimate of drug-likeness (QED) is 0.814. The molecular weight excluding hydrogens is 248 g/mol. The highest BCUT2D eigenvalue weighted by Crippen LogP contribution is 2.17. The number of carbonyl (C=O) groups excluding carboxylic acids is 1. The van der Waals surface area contributed by atoms with Crippen molar-refractivity contribution < 1.29 is 14.7 Å². The molecule has 0 bridgehead atoms. The van der Waals surface area contributed by atoms with E-state index < -0.39 is 5.97 Å². The van der Waals surface area contributed by atoms with E-state index in [0.29, 0.717) is 5.82 Å². The molecule has 0 unspecified atom stereocenters. The zero-order valence-electron chi connectivity index (χ0n) is 10.7. The van der Waals surface area contributed by atoms with Gasteiger partial charge in [0.2, 0.25) is 5.91 Å². The zero-order valence-corrected chi connectivity index (χ0v) is 10.7. The summed E-state index contributed by atoms with van der Waals surface area (Å²) in [6.07, 6.45) is 4.43. The Kier molecular flexibility index (Phi) is 3.94. The number of carbonyl (C=O) groups is 2. The van der Waals surface area contributed by atoms with E-state index in [1.165, 1.54) is 19.3 Å². The van der Waals surface area contributed by atoms with Crippen molar-refractivity contribution in [3.8, 4) is 0 Å². The van der Waals surface area contributed by atoms with Gasteiger partial charge in [-0.1, -0.05) is 0 Å². The zero-order chi connectivity index (χ0) is 13.8. The summed E-state index contributed by atoms with van der Waals surface area (Å²) in [5.41, 5.74) is -0.0584. The molecule has 2 heterocycles. The third kappa shape index (κ3) is 3.40. The van der Waals surface area contributed by atoms with Crippen molar-refractivity contribution in [2.45, 2.75) is 25.8 Å². The fraction of sp³-hybridized carbons (Fsp3) is 0.500. The first-order valence-corrected chi connectivity index (χ1v) is 6.13. The molecule has 0 aliphatic carbocycles. The maximum atomic E-state index is 11.0. The van der Waals surface area contributed by atoms with Crippen LogP contribution in [-0.4, -0.2) is 46.1 Å². The molecule has 1 aliphatic rings. The van der Waals surface area contributed by atoms with Crippen molar-refractivity contribution in [1.82, 2.24) is 15.3 Å². The first kappa shape index (κ1) is 13.3. The minimum Gasteiger partial charge on any atom is -0.476 e. The van der Waals surface area contributed by atoms with Gasteiger partial charge in [-0.25, -0.2) is 14.8 Å². The summed E-state index contributed by atoms with van der Waals surface area (Å²) in [4.78, 5) is 31.6. The van der Waals surface area contributed by atoms with Gasteiger partial charge in [0.1, 0.15) is 5.82 Å². The van der Waals surface area contributed by atoms with Crippen LogP contribution in [0.3, 0.4) is 0 Å². The van der Waals surface area contributed by atoms with Crippen LogP contribution in [0.1, 0.15) is 30.3 Å². The Bertz CT molecular complexity index is 466. The van der Waals surface area contributed by atoms with Gasteiger partial charge in [0, 0.05) is 26.1 Å². The predicted octanol–water partition coefficient (Wildman–Crippen LogP) is 0.280. The van der Waals surface area contributed by atoms with Gasteiger partial charge in [-0.2, -0.15) is 0 Å². The van der Waals surface area contributed by atoms with Crippen LogP contribution in [0, 0.1) is 0 Å². The van der Waals surface area contributed by atoms with Gasteiger partial charge in [-0.3, -0.25) is 4.79 Å². The normalized spacial score (nSPS) is 16.2. The average Bonchev–Trinajstić information content (AvgIpc) is 2.39. The molecule has 7 nitrogen and oxygen atoms in total. The molecule has 2 rings (SSSR count). The number of aromatic carboxylic acids is 1. The Hall–Kier alpha value is -2.18. The van der Waals surface area contributed by atoms with Crippen LogP contribution in [-0.2, 0) is 4.79 Å². The van der Waals surface area contributed by atoms with Crippen LogP contribution in [0.4, 0.5) is 5.82 Å². The van der Waals surface area contributed by atoms with Crippen LogP contribution in [0.15, 0.2) is 12.4 Å². The SMILES string of the molecule is CC(=O)NC1CCN(c2cnc(C(=O)O)cn2)CC1. The average molecular weight is 264 g/mol. The lowest BCUT2D eigenvalue weighted by atomic mass is 10.1. The predicted molar refractivity (Wildman–Crippen MR) is 68.0 cm³/mol. The Balaban J connectivity index is 1.94. The van der Waals surface area contributed by atoms with Gasteiger partial charge < -0.3 is 15.3 Å². The summed E-state index contributed by atoms with van der Waals surface area (Å²) in [7, 11) is 0. The molecule has 1 aromatic heterocycles.